The maximum atomic E-state index is 12.2. The van der Waals surface area contributed by atoms with Gasteiger partial charge in [0.2, 0.25) is 11.8 Å². The zero-order chi connectivity index (χ0) is 15.9. The van der Waals surface area contributed by atoms with Gasteiger partial charge >= 0.3 is 0 Å². The number of halogens is 1. The topological polar surface area (TPSA) is 58.2 Å². The van der Waals surface area contributed by atoms with Crippen LogP contribution < -0.4 is 10.6 Å². The average molecular weight is 317 g/mol. The van der Waals surface area contributed by atoms with E-state index >= 15 is 0 Å². The maximum Gasteiger partial charge on any atom is 0.226 e. The molecule has 0 saturated carbocycles. The summed E-state index contributed by atoms with van der Waals surface area (Å²) in [6.07, 6.45) is 0.149. The molecule has 0 saturated heterocycles. The monoisotopic (exact) mass is 316 g/mol. The summed E-state index contributed by atoms with van der Waals surface area (Å²) in [6.45, 7) is 1.44. The van der Waals surface area contributed by atoms with E-state index in [1.165, 1.54) is 6.92 Å². The third-order valence-electron chi connectivity index (χ3n) is 3.08. The number of nitrogens with one attached hydrogen (secondary N) is 2. The van der Waals surface area contributed by atoms with E-state index in [4.69, 9.17) is 11.6 Å². The van der Waals surface area contributed by atoms with Gasteiger partial charge in [0.05, 0.1) is 12.5 Å². The summed E-state index contributed by atoms with van der Waals surface area (Å²) in [7, 11) is 0. The number of hydrogen-bond acceptors (Lipinski definition) is 2. The van der Waals surface area contributed by atoms with Crippen molar-refractivity contribution in [3.8, 4) is 0 Å². The minimum Gasteiger partial charge on any atom is -0.349 e. The van der Waals surface area contributed by atoms with Gasteiger partial charge < -0.3 is 10.6 Å². The molecular weight excluding hydrogens is 300 g/mol. The van der Waals surface area contributed by atoms with Crippen molar-refractivity contribution < 1.29 is 9.59 Å². The Kier molecular flexibility index (Phi) is 5.55. The first-order valence-electron chi connectivity index (χ1n) is 6.92. The first-order valence-corrected chi connectivity index (χ1v) is 7.30. The van der Waals surface area contributed by atoms with E-state index in [-0.39, 0.29) is 24.3 Å². The molecule has 1 atom stereocenters. The van der Waals surface area contributed by atoms with Crippen LogP contribution in [0.3, 0.4) is 0 Å². The molecule has 0 spiro atoms. The Labute approximate surface area is 134 Å². The highest BCUT2D eigenvalue weighted by molar-refractivity contribution is 6.30. The lowest BCUT2D eigenvalue weighted by molar-refractivity contribution is -0.120. The van der Waals surface area contributed by atoms with E-state index in [9.17, 15) is 9.59 Å². The first kappa shape index (κ1) is 16.0. The van der Waals surface area contributed by atoms with Gasteiger partial charge in [-0.25, -0.2) is 0 Å². The third kappa shape index (κ3) is 4.90. The van der Waals surface area contributed by atoms with E-state index in [1.54, 1.807) is 24.3 Å². The number of amides is 2. The molecule has 0 fully saturated rings. The van der Waals surface area contributed by atoms with E-state index in [1.807, 2.05) is 30.3 Å². The van der Waals surface area contributed by atoms with Crippen molar-refractivity contribution in [2.75, 3.05) is 5.32 Å². The largest absolute Gasteiger partial charge is 0.349 e. The predicted molar refractivity (Wildman–Crippen MR) is 87.7 cm³/mol. The van der Waals surface area contributed by atoms with E-state index in [2.05, 4.69) is 10.6 Å². The molecule has 0 aliphatic carbocycles. The fourth-order valence-electron chi connectivity index (χ4n) is 2.15. The first-order chi connectivity index (χ1) is 10.5. The van der Waals surface area contributed by atoms with Crippen LogP contribution in [0.5, 0.6) is 0 Å². The van der Waals surface area contributed by atoms with Gasteiger partial charge in [0.25, 0.3) is 0 Å². The molecule has 5 heteroatoms. The van der Waals surface area contributed by atoms with E-state index in [0.29, 0.717) is 10.7 Å². The number of benzene rings is 2. The van der Waals surface area contributed by atoms with Gasteiger partial charge in [-0.2, -0.15) is 0 Å². The summed E-state index contributed by atoms with van der Waals surface area (Å²) in [5.74, 6) is -0.366. The molecule has 0 unspecified atom stereocenters. The van der Waals surface area contributed by atoms with E-state index < -0.39 is 0 Å². The Balaban J connectivity index is 2.06. The predicted octanol–water partition coefficient (Wildman–Crippen LogP) is 3.55. The van der Waals surface area contributed by atoms with Crippen LogP contribution in [-0.2, 0) is 9.59 Å². The summed E-state index contributed by atoms with van der Waals surface area (Å²) >= 11 is 5.89. The molecular formula is C17H17ClN2O2. The van der Waals surface area contributed by atoms with Crippen molar-refractivity contribution in [1.82, 2.24) is 5.32 Å². The molecule has 0 aromatic heterocycles. The Hall–Kier alpha value is -2.33. The van der Waals surface area contributed by atoms with Crippen LogP contribution in [-0.4, -0.2) is 11.8 Å². The van der Waals surface area contributed by atoms with Crippen molar-refractivity contribution in [3.63, 3.8) is 0 Å². The van der Waals surface area contributed by atoms with Gasteiger partial charge in [-0.1, -0.05) is 48.0 Å². The van der Waals surface area contributed by atoms with Crippen LogP contribution in [0, 0.1) is 0 Å². The summed E-state index contributed by atoms with van der Waals surface area (Å²) in [6, 6.07) is 16.0. The SMILES string of the molecule is CC(=O)N[C@@H](CC(=O)Nc1cccc(Cl)c1)c1ccccc1. The second-order valence-electron chi connectivity index (χ2n) is 4.93. The molecule has 4 nitrogen and oxygen atoms in total. The molecule has 0 bridgehead atoms. The Morgan fingerprint density at radius 3 is 2.45 bits per heavy atom. The van der Waals surface area contributed by atoms with Crippen LogP contribution in [0.1, 0.15) is 24.9 Å². The minimum absolute atomic E-state index is 0.149. The van der Waals surface area contributed by atoms with Gasteiger partial charge in [-0.3, -0.25) is 9.59 Å². The summed E-state index contributed by atoms with van der Waals surface area (Å²) < 4.78 is 0. The van der Waals surface area contributed by atoms with Gasteiger partial charge in [0.15, 0.2) is 0 Å². The van der Waals surface area contributed by atoms with Crippen molar-refractivity contribution in [1.29, 1.82) is 0 Å². The lowest BCUT2D eigenvalue weighted by Gasteiger charge is -2.18. The number of carbonyl (C=O) groups excluding carboxylic acids is 2. The van der Waals surface area contributed by atoms with Gasteiger partial charge in [-0.05, 0) is 23.8 Å². The van der Waals surface area contributed by atoms with E-state index in [0.717, 1.165) is 5.56 Å². The smallest absolute Gasteiger partial charge is 0.226 e. The fraction of sp³-hybridized carbons (Fsp3) is 0.176. The quantitative estimate of drug-likeness (QED) is 0.886. The Morgan fingerprint density at radius 1 is 1.09 bits per heavy atom. The van der Waals surface area contributed by atoms with Crippen molar-refractivity contribution in [3.05, 3.63) is 65.2 Å². The highest BCUT2D eigenvalue weighted by Gasteiger charge is 2.17. The van der Waals surface area contributed by atoms with Crippen LogP contribution in [0.2, 0.25) is 5.02 Å². The molecule has 2 amide bonds. The van der Waals surface area contributed by atoms with Crippen molar-refractivity contribution in [2.24, 2.45) is 0 Å². The number of anilines is 1. The molecule has 0 radical (unpaired) electrons. The summed E-state index contributed by atoms with van der Waals surface area (Å²) in [5.41, 5.74) is 1.52. The van der Waals surface area contributed by atoms with Crippen molar-refractivity contribution >= 4 is 29.1 Å². The molecule has 22 heavy (non-hydrogen) atoms. The Bertz CT molecular complexity index is 659. The highest BCUT2D eigenvalue weighted by atomic mass is 35.5. The second kappa shape index (κ2) is 7.61. The highest BCUT2D eigenvalue weighted by Crippen LogP contribution is 2.19. The van der Waals surface area contributed by atoms with Crippen molar-refractivity contribution in [2.45, 2.75) is 19.4 Å². The molecule has 2 aromatic carbocycles. The molecule has 0 heterocycles. The summed E-state index contributed by atoms with van der Waals surface area (Å²) in [4.78, 5) is 23.5. The Morgan fingerprint density at radius 2 is 1.82 bits per heavy atom. The zero-order valence-electron chi connectivity index (χ0n) is 12.2. The van der Waals surface area contributed by atoms with Crippen LogP contribution >= 0.6 is 11.6 Å². The molecule has 2 aromatic rings. The molecule has 2 rings (SSSR count). The van der Waals surface area contributed by atoms with Gasteiger partial charge in [0.1, 0.15) is 0 Å². The molecule has 2 N–H and O–H groups in total. The number of carbonyl (C=O) groups is 2. The maximum absolute atomic E-state index is 12.2. The zero-order valence-corrected chi connectivity index (χ0v) is 12.9. The molecule has 0 aliphatic rings. The van der Waals surface area contributed by atoms with Crippen LogP contribution in [0.15, 0.2) is 54.6 Å². The van der Waals surface area contributed by atoms with Gasteiger partial charge in [0, 0.05) is 17.6 Å². The third-order valence-corrected chi connectivity index (χ3v) is 3.31. The lowest BCUT2D eigenvalue weighted by Crippen LogP contribution is -2.29. The van der Waals surface area contributed by atoms with Crippen LogP contribution in [0.4, 0.5) is 5.69 Å². The lowest BCUT2D eigenvalue weighted by atomic mass is 10.0. The van der Waals surface area contributed by atoms with Crippen LogP contribution in [0.25, 0.3) is 0 Å². The normalized spacial score (nSPS) is 11.5. The number of rotatable bonds is 5. The van der Waals surface area contributed by atoms with Gasteiger partial charge in [-0.15, -0.1) is 0 Å². The minimum atomic E-state index is -0.363. The fourth-order valence-corrected chi connectivity index (χ4v) is 2.34. The number of hydrogen-bond donors (Lipinski definition) is 2. The standard InChI is InChI=1S/C17H17ClN2O2/c1-12(21)19-16(13-6-3-2-4-7-13)11-17(22)20-15-9-5-8-14(18)10-15/h2-10,16H,11H2,1H3,(H,19,21)(H,20,22)/t16-/m0/s1. The molecule has 114 valence electrons. The second-order valence-corrected chi connectivity index (χ2v) is 5.36. The average Bonchev–Trinajstić information content (AvgIpc) is 2.47. The summed E-state index contributed by atoms with van der Waals surface area (Å²) in [5, 5.41) is 6.13. The molecule has 0 aliphatic heterocycles.